The summed E-state index contributed by atoms with van der Waals surface area (Å²) in [5.74, 6) is -0.668. The topological polar surface area (TPSA) is 92.7 Å². The SMILES string of the molecule is CN(Cc1ccccc1N1CCCCC1)Cc1ccc(C(N)=O)cc1[N+](=O)[O-]. The zero-order chi connectivity index (χ0) is 20.1. The maximum Gasteiger partial charge on any atom is 0.274 e. The first-order chi connectivity index (χ1) is 13.5. The maximum absolute atomic E-state index is 11.4. The number of amides is 1. The lowest BCUT2D eigenvalue weighted by Gasteiger charge is -2.31. The van der Waals surface area contributed by atoms with E-state index in [2.05, 4.69) is 28.0 Å². The van der Waals surface area contributed by atoms with Crippen molar-refractivity contribution in [1.82, 2.24) is 4.90 Å². The number of nitro groups is 1. The quantitative estimate of drug-likeness (QED) is 0.586. The van der Waals surface area contributed by atoms with Gasteiger partial charge in [0.25, 0.3) is 5.69 Å². The number of piperidine rings is 1. The molecule has 1 aliphatic rings. The van der Waals surface area contributed by atoms with Crippen LogP contribution >= 0.6 is 0 Å². The molecule has 1 amide bonds. The highest BCUT2D eigenvalue weighted by atomic mass is 16.6. The van der Waals surface area contributed by atoms with Crippen molar-refractivity contribution < 1.29 is 9.72 Å². The van der Waals surface area contributed by atoms with E-state index in [1.54, 1.807) is 12.1 Å². The predicted octanol–water partition coefficient (Wildman–Crippen LogP) is 3.32. The van der Waals surface area contributed by atoms with E-state index >= 15 is 0 Å². The van der Waals surface area contributed by atoms with E-state index in [0.29, 0.717) is 18.7 Å². The highest BCUT2D eigenvalue weighted by Crippen LogP contribution is 2.27. The first kappa shape index (κ1) is 19.8. The molecule has 0 unspecified atom stereocenters. The van der Waals surface area contributed by atoms with Crippen LogP contribution < -0.4 is 10.6 Å². The largest absolute Gasteiger partial charge is 0.371 e. The van der Waals surface area contributed by atoms with Crippen LogP contribution in [0.2, 0.25) is 0 Å². The molecule has 2 aromatic rings. The third-order valence-corrected chi connectivity index (χ3v) is 5.14. The number of nitrogens with zero attached hydrogens (tertiary/aromatic N) is 3. The average Bonchev–Trinajstić information content (AvgIpc) is 2.69. The fraction of sp³-hybridized carbons (Fsp3) is 0.381. The van der Waals surface area contributed by atoms with Gasteiger partial charge in [0.2, 0.25) is 5.91 Å². The molecule has 0 spiro atoms. The second kappa shape index (κ2) is 8.84. The minimum Gasteiger partial charge on any atom is -0.371 e. The van der Waals surface area contributed by atoms with Crippen LogP contribution in [0.25, 0.3) is 0 Å². The van der Waals surface area contributed by atoms with Crippen LogP contribution in [0.4, 0.5) is 11.4 Å². The van der Waals surface area contributed by atoms with Crippen molar-refractivity contribution >= 4 is 17.3 Å². The van der Waals surface area contributed by atoms with E-state index in [1.165, 1.54) is 36.6 Å². The van der Waals surface area contributed by atoms with Crippen LogP contribution in [0.5, 0.6) is 0 Å². The molecular formula is C21H26N4O3. The van der Waals surface area contributed by atoms with Gasteiger partial charge in [-0.1, -0.05) is 24.3 Å². The minimum atomic E-state index is -0.668. The number of primary amides is 1. The van der Waals surface area contributed by atoms with E-state index in [0.717, 1.165) is 13.1 Å². The highest BCUT2D eigenvalue weighted by molar-refractivity contribution is 5.93. The summed E-state index contributed by atoms with van der Waals surface area (Å²) in [5.41, 5.74) is 8.34. The molecule has 1 heterocycles. The number of para-hydroxylation sites is 1. The van der Waals surface area contributed by atoms with Gasteiger partial charge in [-0.25, -0.2) is 0 Å². The summed E-state index contributed by atoms with van der Waals surface area (Å²) in [6, 6.07) is 12.8. The normalized spacial score (nSPS) is 14.3. The Hall–Kier alpha value is -2.93. The fourth-order valence-electron chi connectivity index (χ4n) is 3.75. The Morgan fingerprint density at radius 3 is 2.46 bits per heavy atom. The van der Waals surface area contributed by atoms with Crippen LogP contribution in [-0.2, 0) is 13.1 Å². The number of nitro benzene ring substituents is 1. The molecule has 148 valence electrons. The average molecular weight is 382 g/mol. The van der Waals surface area contributed by atoms with Crippen LogP contribution in [0.3, 0.4) is 0 Å². The number of rotatable bonds is 7. The van der Waals surface area contributed by atoms with Gasteiger partial charge < -0.3 is 10.6 Å². The van der Waals surface area contributed by atoms with E-state index in [9.17, 15) is 14.9 Å². The lowest BCUT2D eigenvalue weighted by atomic mass is 10.1. The summed E-state index contributed by atoms with van der Waals surface area (Å²) in [4.78, 5) is 26.8. The van der Waals surface area contributed by atoms with Crippen molar-refractivity contribution in [1.29, 1.82) is 0 Å². The molecule has 0 atom stereocenters. The molecule has 0 aliphatic carbocycles. The fourth-order valence-corrected chi connectivity index (χ4v) is 3.75. The zero-order valence-corrected chi connectivity index (χ0v) is 16.1. The molecule has 2 aromatic carbocycles. The molecule has 7 heteroatoms. The monoisotopic (exact) mass is 382 g/mol. The van der Waals surface area contributed by atoms with Gasteiger partial charge in [0, 0.05) is 49.1 Å². The van der Waals surface area contributed by atoms with Gasteiger partial charge in [-0.05, 0) is 44.0 Å². The van der Waals surface area contributed by atoms with Gasteiger partial charge >= 0.3 is 0 Å². The van der Waals surface area contributed by atoms with Gasteiger partial charge in [-0.3, -0.25) is 19.8 Å². The molecule has 1 aliphatic heterocycles. The lowest BCUT2D eigenvalue weighted by Crippen LogP contribution is -2.31. The van der Waals surface area contributed by atoms with Crippen molar-refractivity contribution in [2.24, 2.45) is 5.73 Å². The van der Waals surface area contributed by atoms with Crippen molar-refractivity contribution in [3.05, 3.63) is 69.3 Å². The first-order valence-electron chi connectivity index (χ1n) is 9.54. The smallest absolute Gasteiger partial charge is 0.274 e. The number of carbonyl (C=O) groups is 1. The summed E-state index contributed by atoms with van der Waals surface area (Å²) < 4.78 is 0. The highest BCUT2D eigenvalue weighted by Gasteiger charge is 2.19. The van der Waals surface area contributed by atoms with Crippen LogP contribution in [-0.4, -0.2) is 35.9 Å². The zero-order valence-electron chi connectivity index (χ0n) is 16.1. The van der Waals surface area contributed by atoms with Crippen molar-refractivity contribution in [3.8, 4) is 0 Å². The number of anilines is 1. The van der Waals surface area contributed by atoms with E-state index < -0.39 is 10.8 Å². The molecule has 0 saturated carbocycles. The second-order valence-corrected chi connectivity index (χ2v) is 7.31. The lowest BCUT2D eigenvalue weighted by molar-refractivity contribution is -0.385. The summed E-state index contributed by atoms with van der Waals surface area (Å²) in [5, 5.41) is 11.4. The van der Waals surface area contributed by atoms with E-state index in [-0.39, 0.29) is 11.3 Å². The number of nitrogens with two attached hydrogens (primary N) is 1. The molecule has 7 nitrogen and oxygen atoms in total. The molecule has 28 heavy (non-hydrogen) atoms. The van der Waals surface area contributed by atoms with Gasteiger partial charge in [0.1, 0.15) is 0 Å². The van der Waals surface area contributed by atoms with Gasteiger partial charge in [-0.2, -0.15) is 0 Å². The summed E-state index contributed by atoms with van der Waals surface area (Å²) >= 11 is 0. The van der Waals surface area contributed by atoms with Crippen molar-refractivity contribution in [3.63, 3.8) is 0 Å². The standard InChI is InChI=1S/C21H26N4O3/c1-23(15-18-10-9-16(21(22)26)13-20(18)25(27)28)14-17-7-3-4-8-19(17)24-11-5-2-6-12-24/h3-4,7-10,13H,2,5-6,11-12,14-15H2,1H3,(H2,22,26). The number of hydrogen-bond donors (Lipinski definition) is 1. The Morgan fingerprint density at radius 2 is 1.79 bits per heavy atom. The number of hydrogen-bond acceptors (Lipinski definition) is 5. The number of carbonyl (C=O) groups excluding carboxylic acids is 1. The van der Waals surface area contributed by atoms with E-state index in [4.69, 9.17) is 5.73 Å². The third-order valence-electron chi connectivity index (χ3n) is 5.14. The summed E-state index contributed by atoms with van der Waals surface area (Å²) in [6.45, 7) is 3.23. The molecule has 1 saturated heterocycles. The predicted molar refractivity (Wildman–Crippen MR) is 109 cm³/mol. The molecular weight excluding hydrogens is 356 g/mol. The minimum absolute atomic E-state index is 0.0764. The van der Waals surface area contributed by atoms with Gasteiger partial charge in [-0.15, -0.1) is 0 Å². The van der Waals surface area contributed by atoms with Crippen molar-refractivity contribution in [2.75, 3.05) is 25.0 Å². The summed E-state index contributed by atoms with van der Waals surface area (Å²) in [6.07, 6.45) is 3.70. The number of benzene rings is 2. The summed E-state index contributed by atoms with van der Waals surface area (Å²) in [7, 11) is 1.94. The van der Waals surface area contributed by atoms with E-state index in [1.807, 2.05) is 13.1 Å². The molecule has 3 rings (SSSR count). The molecule has 0 radical (unpaired) electrons. The van der Waals surface area contributed by atoms with Crippen LogP contribution in [0.15, 0.2) is 42.5 Å². The molecule has 0 aromatic heterocycles. The third kappa shape index (κ3) is 4.67. The van der Waals surface area contributed by atoms with Crippen LogP contribution in [0.1, 0.15) is 40.7 Å². The molecule has 1 fully saturated rings. The van der Waals surface area contributed by atoms with Crippen molar-refractivity contribution in [2.45, 2.75) is 32.4 Å². The van der Waals surface area contributed by atoms with Gasteiger partial charge in [0.15, 0.2) is 0 Å². The Morgan fingerprint density at radius 1 is 1.11 bits per heavy atom. The Kier molecular flexibility index (Phi) is 6.26. The van der Waals surface area contributed by atoms with Crippen LogP contribution in [0, 0.1) is 10.1 Å². The van der Waals surface area contributed by atoms with Gasteiger partial charge in [0.05, 0.1) is 4.92 Å². The first-order valence-corrected chi connectivity index (χ1v) is 9.54. The second-order valence-electron chi connectivity index (χ2n) is 7.31. The Bertz CT molecular complexity index is 862. The molecule has 2 N–H and O–H groups in total. The molecule has 0 bridgehead atoms. The maximum atomic E-state index is 11.4. The Labute approximate surface area is 164 Å². The Balaban J connectivity index is 1.77.